The molecule has 19 heavy (non-hydrogen) atoms. The van der Waals surface area contributed by atoms with Gasteiger partial charge >= 0.3 is 6.03 Å². The molecule has 0 saturated carbocycles. The molecule has 1 unspecified atom stereocenters. The number of likely N-dealkylation sites (N-methyl/N-ethyl adjacent to an activating group) is 1. The van der Waals surface area contributed by atoms with E-state index in [9.17, 15) is 4.79 Å². The Bertz CT molecular complexity index is 418. The number of hydrogen-bond acceptors (Lipinski definition) is 3. The molecule has 1 aromatic rings. The highest BCUT2D eigenvalue weighted by atomic mass is 16.2. The number of nitrogens with one attached hydrogen (secondary N) is 2. The highest BCUT2D eigenvalue weighted by Crippen LogP contribution is 2.14. The van der Waals surface area contributed by atoms with Crippen LogP contribution in [0, 0.1) is 0 Å². The number of benzene rings is 1. The molecular formula is C14H22N4O. The van der Waals surface area contributed by atoms with Gasteiger partial charge in [-0.1, -0.05) is 6.42 Å². The van der Waals surface area contributed by atoms with Crippen molar-refractivity contribution in [1.82, 2.24) is 10.2 Å². The number of nitrogens with two attached hydrogens (primary N) is 1. The van der Waals surface area contributed by atoms with Crippen LogP contribution in [0.3, 0.4) is 0 Å². The molecule has 0 aliphatic carbocycles. The quantitative estimate of drug-likeness (QED) is 0.728. The van der Waals surface area contributed by atoms with E-state index in [-0.39, 0.29) is 6.03 Å². The van der Waals surface area contributed by atoms with E-state index in [1.165, 1.54) is 12.8 Å². The van der Waals surface area contributed by atoms with E-state index in [1.807, 2.05) is 0 Å². The minimum atomic E-state index is -0.163. The fourth-order valence-corrected chi connectivity index (χ4v) is 2.35. The topological polar surface area (TPSA) is 70.4 Å². The number of carbonyl (C=O) groups excluding carboxylic acids is 1. The Morgan fingerprint density at radius 2 is 2.11 bits per heavy atom. The van der Waals surface area contributed by atoms with Gasteiger partial charge in [-0.2, -0.15) is 0 Å². The molecular weight excluding hydrogens is 240 g/mol. The second-order valence-corrected chi connectivity index (χ2v) is 5.09. The van der Waals surface area contributed by atoms with Crippen molar-refractivity contribution < 1.29 is 4.79 Å². The van der Waals surface area contributed by atoms with Crippen molar-refractivity contribution >= 4 is 17.4 Å². The zero-order valence-corrected chi connectivity index (χ0v) is 11.4. The number of urea groups is 1. The highest BCUT2D eigenvalue weighted by molar-refractivity contribution is 5.89. The van der Waals surface area contributed by atoms with Gasteiger partial charge in [0.15, 0.2) is 0 Å². The molecule has 1 fully saturated rings. The summed E-state index contributed by atoms with van der Waals surface area (Å²) in [6, 6.07) is 7.41. The zero-order chi connectivity index (χ0) is 13.7. The van der Waals surface area contributed by atoms with Crippen molar-refractivity contribution in [3.05, 3.63) is 24.3 Å². The number of anilines is 2. The maximum atomic E-state index is 11.8. The van der Waals surface area contributed by atoms with Crippen molar-refractivity contribution in [1.29, 1.82) is 0 Å². The molecule has 0 aromatic heterocycles. The Morgan fingerprint density at radius 3 is 2.79 bits per heavy atom. The molecule has 0 bridgehead atoms. The maximum absolute atomic E-state index is 11.8. The summed E-state index contributed by atoms with van der Waals surface area (Å²) in [5.74, 6) is 0. The third-order valence-corrected chi connectivity index (χ3v) is 3.59. The fraction of sp³-hybridized carbons (Fsp3) is 0.500. The van der Waals surface area contributed by atoms with Crippen LogP contribution in [0.15, 0.2) is 24.3 Å². The first kappa shape index (κ1) is 13.7. The fourth-order valence-electron chi connectivity index (χ4n) is 2.35. The van der Waals surface area contributed by atoms with Crippen molar-refractivity contribution in [2.45, 2.75) is 25.3 Å². The van der Waals surface area contributed by atoms with Crippen LogP contribution in [0.2, 0.25) is 0 Å². The Hall–Kier alpha value is -1.75. The number of nitrogens with zero attached hydrogens (tertiary/aromatic N) is 1. The lowest BCUT2D eigenvalue weighted by Gasteiger charge is -2.32. The second-order valence-electron chi connectivity index (χ2n) is 5.09. The predicted molar refractivity (Wildman–Crippen MR) is 78.1 cm³/mol. The largest absolute Gasteiger partial charge is 0.399 e. The zero-order valence-electron chi connectivity index (χ0n) is 11.4. The van der Waals surface area contributed by atoms with Gasteiger partial charge in [-0.15, -0.1) is 0 Å². The lowest BCUT2D eigenvalue weighted by molar-refractivity contribution is 0.182. The van der Waals surface area contributed by atoms with Crippen LogP contribution in [0.25, 0.3) is 0 Å². The van der Waals surface area contributed by atoms with E-state index in [0.717, 1.165) is 18.7 Å². The van der Waals surface area contributed by atoms with Gasteiger partial charge in [0, 0.05) is 24.0 Å². The van der Waals surface area contributed by atoms with Crippen LogP contribution in [0.5, 0.6) is 0 Å². The number of carbonyl (C=O) groups is 1. The van der Waals surface area contributed by atoms with Gasteiger partial charge < -0.3 is 21.3 Å². The Morgan fingerprint density at radius 1 is 1.37 bits per heavy atom. The number of nitrogen functional groups attached to an aromatic ring is 1. The summed E-state index contributed by atoms with van der Waals surface area (Å²) in [6.07, 6.45) is 3.65. The Kier molecular flexibility index (Phi) is 4.63. The molecule has 1 heterocycles. The second kappa shape index (κ2) is 6.43. The van der Waals surface area contributed by atoms with Crippen molar-refractivity contribution in [3.63, 3.8) is 0 Å². The molecule has 0 radical (unpaired) electrons. The van der Waals surface area contributed by atoms with E-state index in [1.54, 1.807) is 24.3 Å². The predicted octanol–water partition coefficient (Wildman–Crippen LogP) is 1.87. The summed E-state index contributed by atoms with van der Waals surface area (Å²) >= 11 is 0. The summed E-state index contributed by atoms with van der Waals surface area (Å²) in [5.41, 5.74) is 7.04. The average Bonchev–Trinajstić information content (AvgIpc) is 2.40. The minimum Gasteiger partial charge on any atom is -0.399 e. The molecule has 104 valence electrons. The SMILES string of the molecule is CN1CCCCC1CNC(=O)Nc1ccc(N)cc1. The lowest BCUT2D eigenvalue weighted by Crippen LogP contribution is -2.45. The van der Waals surface area contributed by atoms with Crippen molar-refractivity contribution in [2.75, 3.05) is 31.2 Å². The van der Waals surface area contributed by atoms with Crippen LogP contribution in [0.1, 0.15) is 19.3 Å². The average molecular weight is 262 g/mol. The summed E-state index contributed by atoms with van der Waals surface area (Å²) in [4.78, 5) is 14.1. The first-order valence-corrected chi connectivity index (χ1v) is 6.76. The van der Waals surface area contributed by atoms with Gasteiger partial charge in [0.2, 0.25) is 0 Å². The van der Waals surface area contributed by atoms with Crippen LogP contribution < -0.4 is 16.4 Å². The number of likely N-dealkylation sites (tertiary alicyclic amines) is 1. The molecule has 2 rings (SSSR count). The first-order chi connectivity index (χ1) is 9.15. The molecule has 2 amide bonds. The molecule has 1 aliphatic rings. The third kappa shape index (κ3) is 4.13. The highest BCUT2D eigenvalue weighted by Gasteiger charge is 2.19. The standard InChI is InChI=1S/C14H22N4O/c1-18-9-3-2-4-13(18)10-16-14(19)17-12-7-5-11(15)6-8-12/h5-8,13H,2-4,9-10,15H2,1H3,(H2,16,17,19). The smallest absolute Gasteiger partial charge is 0.319 e. The first-order valence-electron chi connectivity index (χ1n) is 6.76. The van der Waals surface area contributed by atoms with Crippen molar-refractivity contribution in [3.8, 4) is 0 Å². The molecule has 1 aliphatic heterocycles. The van der Waals surface area contributed by atoms with Gasteiger partial charge in [-0.05, 0) is 50.7 Å². The van der Waals surface area contributed by atoms with Crippen LogP contribution >= 0.6 is 0 Å². The van der Waals surface area contributed by atoms with E-state index >= 15 is 0 Å². The Balaban J connectivity index is 1.76. The summed E-state index contributed by atoms with van der Waals surface area (Å²) in [7, 11) is 2.11. The third-order valence-electron chi connectivity index (χ3n) is 3.59. The number of hydrogen-bond donors (Lipinski definition) is 3. The van der Waals surface area contributed by atoms with Crippen LogP contribution in [0.4, 0.5) is 16.2 Å². The number of piperidine rings is 1. The maximum Gasteiger partial charge on any atom is 0.319 e. The molecule has 1 saturated heterocycles. The van der Waals surface area contributed by atoms with Gasteiger partial charge in [-0.3, -0.25) is 0 Å². The molecule has 4 N–H and O–H groups in total. The number of rotatable bonds is 3. The van der Waals surface area contributed by atoms with Gasteiger partial charge in [0.1, 0.15) is 0 Å². The molecule has 5 heteroatoms. The minimum absolute atomic E-state index is 0.163. The summed E-state index contributed by atoms with van der Waals surface area (Å²) in [5, 5.41) is 5.72. The monoisotopic (exact) mass is 262 g/mol. The lowest BCUT2D eigenvalue weighted by atomic mass is 10.0. The normalized spacial score (nSPS) is 19.9. The number of amides is 2. The van der Waals surface area contributed by atoms with E-state index in [0.29, 0.717) is 18.3 Å². The van der Waals surface area contributed by atoms with Gasteiger partial charge in [-0.25, -0.2) is 4.79 Å². The van der Waals surface area contributed by atoms with Gasteiger partial charge in [0.05, 0.1) is 0 Å². The summed E-state index contributed by atoms with van der Waals surface area (Å²) < 4.78 is 0. The summed E-state index contributed by atoms with van der Waals surface area (Å²) in [6.45, 7) is 1.81. The van der Waals surface area contributed by atoms with Crippen LogP contribution in [-0.4, -0.2) is 37.1 Å². The molecule has 1 aromatic carbocycles. The molecule has 5 nitrogen and oxygen atoms in total. The van der Waals surface area contributed by atoms with E-state index in [2.05, 4.69) is 22.6 Å². The van der Waals surface area contributed by atoms with E-state index in [4.69, 9.17) is 5.73 Å². The van der Waals surface area contributed by atoms with Gasteiger partial charge in [0.25, 0.3) is 0 Å². The van der Waals surface area contributed by atoms with Crippen molar-refractivity contribution in [2.24, 2.45) is 0 Å². The molecule has 1 atom stereocenters. The van der Waals surface area contributed by atoms with E-state index < -0.39 is 0 Å². The van der Waals surface area contributed by atoms with Crippen LogP contribution in [-0.2, 0) is 0 Å². The molecule has 0 spiro atoms. The Labute approximate surface area is 114 Å².